The number of hydrogen-bond acceptors (Lipinski definition) is 0. The number of nitrogens with zero attached hydrogens (tertiary/aromatic N) is 1. The Kier molecular flexibility index (Phi) is 61.7. The van der Waals surface area contributed by atoms with E-state index in [9.17, 15) is 0 Å². The molecule has 0 radical (unpaired) electrons. The number of hydrogen-bond donors (Lipinski definition) is 0. The molecule has 1 aromatic heterocycles. The van der Waals surface area contributed by atoms with Crippen molar-refractivity contribution >= 4 is 0 Å². The Bertz CT molecular complexity index is 583. The summed E-state index contributed by atoms with van der Waals surface area (Å²) in [6.45, 7) is 35.9. The summed E-state index contributed by atoms with van der Waals surface area (Å²) in [4.78, 5) is 0. The van der Waals surface area contributed by atoms with Gasteiger partial charge in [-0.05, 0) is 71.4 Å². The molecule has 1 aliphatic carbocycles. The van der Waals surface area contributed by atoms with Crippen LogP contribution in [0.4, 0.5) is 0 Å². The van der Waals surface area contributed by atoms with Crippen LogP contribution in [0.25, 0.3) is 0 Å². The summed E-state index contributed by atoms with van der Waals surface area (Å²) in [5.41, 5.74) is 6.01. The predicted octanol–water partition coefficient (Wildman–Crippen LogP) is 12.5. The van der Waals surface area contributed by atoms with Crippen molar-refractivity contribution in [3.8, 4) is 0 Å². The molecule has 0 amide bonds. The molecule has 1 heteroatoms. The summed E-state index contributed by atoms with van der Waals surface area (Å²) in [5.74, 6) is 0. The SMILES string of the molecule is CC.CC.CC.CC.CC.CC(C)=C(C)C.CCC.CC[n+]1ccccc1.c1ccc2c(c1)CCCC2. The van der Waals surface area contributed by atoms with Crippen LogP contribution < -0.4 is 4.57 Å². The van der Waals surface area contributed by atoms with Crippen LogP contribution in [-0.2, 0) is 19.4 Å². The Morgan fingerprint density at radius 3 is 1.05 bits per heavy atom. The highest BCUT2D eigenvalue weighted by Crippen LogP contribution is 2.19. The number of aromatic nitrogens is 1. The van der Waals surface area contributed by atoms with Gasteiger partial charge < -0.3 is 0 Å². The van der Waals surface area contributed by atoms with Crippen LogP contribution in [0.5, 0.6) is 0 Å². The summed E-state index contributed by atoms with van der Waals surface area (Å²) in [6.07, 6.45) is 10.7. The van der Waals surface area contributed by atoms with Gasteiger partial charge >= 0.3 is 0 Å². The number of benzene rings is 1. The molecule has 3 rings (SSSR count). The summed E-state index contributed by atoms with van der Waals surface area (Å²) in [5, 5.41) is 0. The maximum absolute atomic E-state index is 2.26. The number of allylic oxidation sites excluding steroid dienone is 2. The quantitative estimate of drug-likeness (QED) is 0.261. The minimum atomic E-state index is 1.06. The molecule has 1 nitrogen and oxygen atoms in total. The zero-order valence-corrected chi connectivity index (χ0v) is 28.9. The van der Waals surface area contributed by atoms with E-state index in [2.05, 4.69) is 89.7 Å². The van der Waals surface area contributed by atoms with E-state index < -0.39 is 0 Å². The van der Waals surface area contributed by atoms with Gasteiger partial charge in [-0.15, -0.1) is 0 Å². The highest BCUT2D eigenvalue weighted by atomic mass is 14.9. The second-order valence-electron chi connectivity index (χ2n) is 7.39. The van der Waals surface area contributed by atoms with Gasteiger partial charge in [-0.25, -0.2) is 4.57 Å². The lowest BCUT2D eigenvalue weighted by Gasteiger charge is -2.13. The van der Waals surface area contributed by atoms with E-state index in [1.807, 2.05) is 87.4 Å². The predicted molar refractivity (Wildman–Crippen MR) is 178 cm³/mol. The summed E-state index contributed by atoms with van der Waals surface area (Å²) >= 11 is 0. The van der Waals surface area contributed by atoms with E-state index in [4.69, 9.17) is 0 Å². The van der Waals surface area contributed by atoms with Crippen molar-refractivity contribution < 1.29 is 4.57 Å². The van der Waals surface area contributed by atoms with Crippen molar-refractivity contribution in [2.75, 3.05) is 0 Å². The Morgan fingerprint density at radius 1 is 0.541 bits per heavy atom. The molecule has 1 aliphatic rings. The van der Waals surface area contributed by atoms with E-state index in [-0.39, 0.29) is 0 Å². The van der Waals surface area contributed by atoms with E-state index in [1.54, 1.807) is 11.1 Å². The van der Waals surface area contributed by atoms with Crippen LogP contribution in [0, 0.1) is 0 Å². The van der Waals surface area contributed by atoms with Crippen molar-refractivity contribution in [2.24, 2.45) is 0 Å². The maximum Gasteiger partial charge on any atom is 0.168 e. The van der Waals surface area contributed by atoms with Gasteiger partial charge in [-0.3, -0.25) is 0 Å². The second kappa shape index (κ2) is 47.3. The van der Waals surface area contributed by atoms with Gasteiger partial charge in [-0.2, -0.15) is 0 Å². The molecule has 0 saturated carbocycles. The average Bonchev–Trinajstić information content (AvgIpc) is 3.00. The first-order valence-corrected chi connectivity index (χ1v) is 15.6. The molecule has 1 heterocycles. The Balaban J connectivity index is -0.0000000811. The van der Waals surface area contributed by atoms with Gasteiger partial charge in [-0.1, -0.05) is 131 Å². The number of rotatable bonds is 1. The Labute approximate surface area is 237 Å². The molecule has 2 aromatic rings. The number of aryl methyl sites for hydroxylation is 3. The largest absolute Gasteiger partial charge is 0.205 e. The molecule has 1 aromatic carbocycles. The first kappa shape index (κ1) is 48.2. The number of pyridine rings is 1. The Morgan fingerprint density at radius 2 is 0.838 bits per heavy atom. The molecular formula is C36H72N+. The van der Waals surface area contributed by atoms with Gasteiger partial charge in [0.15, 0.2) is 12.4 Å². The van der Waals surface area contributed by atoms with E-state index in [0.29, 0.717) is 0 Å². The number of fused-ring (bicyclic) bond motifs is 1. The zero-order chi connectivity index (χ0) is 30.5. The fourth-order valence-corrected chi connectivity index (χ4v) is 2.32. The first-order chi connectivity index (χ1) is 18.0. The van der Waals surface area contributed by atoms with Crippen molar-refractivity contribution in [2.45, 2.75) is 156 Å². The lowest BCUT2D eigenvalue weighted by molar-refractivity contribution is -0.693. The fourth-order valence-electron chi connectivity index (χ4n) is 2.32. The monoisotopic (exact) mass is 519 g/mol. The fraction of sp³-hybridized carbons (Fsp3) is 0.639. The van der Waals surface area contributed by atoms with Gasteiger partial charge in [0.05, 0.1) is 0 Å². The minimum absolute atomic E-state index is 1.06. The van der Waals surface area contributed by atoms with Crippen LogP contribution in [-0.4, -0.2) is 0 Å². The zero-order valence-electron chi connectivity index (χ0n) is 28.9. The average molecular weight is 519 g/mol. The van der Waals surface area contributed by atoms with Crippen LogP contribution in [0.1, 0.15) is 148 Å². The summed E-state index contributed by atoms with van der Waals surface area (Å²) in [6, 6.07) is 14.9. The molecule has 0 bridgehead atoms. The third kappa shape index (κ3) is 38.8. The highest BCUT2D eigenvalue weighted by molar-refractivity contribution is 5.28. The molecule has 37 heavy (non-hydrogen) atoms. The molecule has 0 aliphatic heterocycles. The molecule has 0 fully saturated rings. The maximum atomic E-state index is 2.26. The third-order valence-corrected chi connectivity index (χ3v) is 4.40. The normalized spacial score (nSPS) is 9.00. The minimum Gasteiger partial charge on any atom is -0.205 e. The van der Waals surface area contributed by atoms with E-state index >= 15 is 0 Å². The molecule has 220 valence electrons. The summed E-state index contributed by atoms with van der Waals surface area (Å²) in [7, 11) is 0. The Hall–Kier alpha value is -1.89. The second-order valence-corrected chi connectivity index (χ2v) is 7.39. The van der Waals surface area contributed by atoms with Crippen molar-refractivity contribution in [1.82, 2.24) is 0 Å². The third-order valence-electron chi connectivity index (χ3n) is 4.40. The van der Waals surface area contributed by atoms with Crippen LogP contribution >= 0.6 is 0 Å². The van der Waals surface area contributed by atoms with Crippen LogP contribution in [0.15, 0.2) is 66.0 Å². The smallest absolute Gasteiger partial charge is 0.168 e. The van der Waals surface area contributed by atoms with E-state index in [1.165, 1.54) is 43.3 Å². The summed E-state index contributed by atoms with van der Waals surface area (Å²) < 4.78 is 2.12. The van der Waals surface area contributed by atoms with Crippen molar-refractivity contribution in [3.05, 3.63) is 77.1 Å². The molecule has 0 atom stereocenters. The van der Waals surface area contributed by atoms with Crippen LogP contribution in [0.3, 0.4) is 0 Å². The standard InChI is InChI=1S/C10H12.C7H10N.C6H12.C3H8.5C2H6/c1-2-6-10-8-4-3-7-9(10)5-1;1-2-8-6-4-3-5-7-8;1-5(2)6(3)4;1-3-2;5*1-2/h1-2,5-6H,3-4,7-8H2;3-7H,2H2,1H3;1-4H3;3H2,1-2H3;5*1-2H3/q;+1;;;;;;;. The molecule has 0 N–H and O–H groups in total. The van der Waals surface area contributed by atoms with Gasteiger partial charge in [0.25, 0.3) is 0 Å². The van der Waals surface area contributed by atoms with Crippen molar-refractivity contribution in [1.29, 1.82) is 0 Å². The highest BCUT2D eigenvalue weighted by Gasteiger charge is 2.05. The van der Waals surface area contributed by atoms with Crippen LogP contribution in [0.2, 0.25) is 0 Å². The van der Waals surface area contributed by atoms with Gasteiger partial charge in [0.2, 0.25) is 0 Å². The van der Waals surface area contributed by atoms with Gasteiger partial charge in [0, 0.05) is 12.1 Å². The molecule has 0 spiro atoms. The first-order valence-electron chi connectivity index (χ1n) is 15.6. The van der Waals surface area contributed by atoms with Crippen molar-refractivity contribution in [3.63, 3.8) is 0 Å². The van der Waals surface area contributed by atoms with Gasteiger partial charge in [0.1, 0.15) is 6.54 Å². The molecule has 0 saturated heterocycles. The molecule has 0 unspecified atom stereocenters. The lowest BCUT2D eigenvalue weighted by atomic mass is 9.92. The topological polar surface area (TPSA) is 3.88 Å². The lowest BCUT2D eigenvalue weighted by Crippen LogP contribution is -2.30. The van der Waals surface area contributed by atoms with E-state index in [0.717, 1.165) is 6.54 Å². The molecular weight excluding hydrogens is 446 g/mol.